The molecule has 94 valence electrons. The van der Waals surface area contributed by atoms with E-state index < -0.39 is 5.97 Å². The lowest BCUT2D eigenvalue weighted by Crippen LogP contribution is -2.06. The summed E-state index contributed by atoms with van der Waals surface area (Å²) in [4.78, 5) is 18.5. The zero-order chi connectivity index (χ0) is 12.5. The van der Waals surface area contributed by atoms with Crippen LogP contribution in [-0.2, 0) is 4.79 Å². The number of aliphatic carboxylic acids is 1. The standard InChI is InChI=1S/C11H17N3O3/c1-2-17-10-8-12-7-9(14-10)13-6-4-3-5-11(15)16/h7-8H,2-6H2,1H3,(H,13,14)(H,15,16). The average molecular weight is 239 g/mol. The first-order valence-electron chi connectivity index (χ1n) is 5.63. The van der Waals surface area contributed by atoms with E-state index in [1.54, 1.807) is 12.4 Å². The van der Waals surface area contributed by atoms with Crippen LogP contribution in [-0.4, -0.2) is 34.2 Å². The van der Waals surface area contributed by atoms with Gasteiger partial charge in [-0.1, -0.05) is 0 Å². The lowest BCUT2D eigenvalue weighted by atomic mass is 10.2. The van der Waals surface area contributed by atoms with Crippen molar-refractivity contribution in [3.05, 3.63) is 12.4 Å². The quantitative estimate of drug-likeness (QED) is 0.669. The first-order valence-corrected chi connectivity index (χ1v) is 5.63. The maximum absolute atomic E-state index is 10.3. The molecule has 6 nitrogen and oxygen atoms in total. The largest absolute Gasteiger partial charge is 0.481 e. The van der Waals surface area contributed by atoms with Crippen LogP contribution in [0.1, 0.15) is 26.2 Å². The number of carboxylic acid groups (broad SMARTS) is 1. The highest BCUT2D eigenvalue weighted by atomic mass is 16.5. The number of hydrogen-bond acceptors (Lipinski definition) is 5. The molecule has 0 aliphatic rings. The van der Waals surface area contributed by atoms with Gasteiger partial charge >= 0.3 is 5.97 Å². The van der Waals surface area contributed by atoms with Crippen molar-refractivity contribution in [1.82, 2.24) is 9.97 Å². The normalized spacial score (nSPS) is 9.94. The Kier molecular flexibility index (Phi) is 5.77. The van der Waals surface area contributed by atoms with Gasteiger partial charge in [0.2, 0.25) is 5.88 Å². The summed E-state index contributed by atoms with van der Waals surface area (Å²) in [7, 11) is 0. The number of nitrogens with one attached hydrogen (secondary N) is 1. The molecule has 0 aliphatic carbocycles. The summed E-state index contributed by atoms with van der Waals surface area (Å²) in [5.74, 6) is 0.373. The predicted octanol–water partition coefficient (Wildman–Crippen LogP) is 1.54. The molecule has 1 rings (SSSR count). The van der Waals surface area contributed by atoms with Gasteiger partial charge in [0.15, 0.2) is 0 Å². The number of hydrogen-bond donors (Lipinski definition) is 2. The van der Waals surface area contributed by atoms with Gasteiger partial charge in [-0.2, -0.15) is 4.98 Å². The van der Waals surface area contributed by atoms with Crippen LogP contribution in [0.4, 0.5) is 5.82 Å². The van der Waals surface area contributed by atoms with Crippen molar-refractivity contribution in [2.75, 3.05) is 18.5 Å². The number of unbranched alkanes of at least 4 members (excludes halogenated alkanes) is 1. The Morgan fingerprint density at radius 2 is 2.29 bits per heavy atom. The van der Waals surface area contributed by atoms with Crippen LogP contribution in [0, 0.1) is 0 Å². The van der Waals surface area contributed by atoms with Crippen molar-refractivity contribution >= 4 is 11.8 Å². The maximum Gasteiger partial charge on any atom is 0.303 e. The fourth-order valence-electron chi connectivity index (χ4n) is 1.27. The Morgan fingerprint density at radius 1 is 1.47 bits per heavy atom. The summed E-state index contributed by atoms with van der Waals surface area (Å²) >= 11 is 0. The molecular weight excluding hydrogens is 222 g/mol. The Labute approximate surface area is 100 Å². The predicted molar refractivity (Wildman–Crippen MR) is 63.2 cm³/mol. The van der Waals surface area contributed by atoms with E-state index in [1.807, 2.05) is 6.92 Å². The minimum absolute atomic E-state index is 0.201. The van der Waals surface area contributed by atoms with E-state index in [2.05, 4.69) is 15.3 Å². The van der Waals surface area contributed by atoms with Gasteiger partial charge in [0, 0.05) is 13.0 Å². The van der Waals surface area contributed by atoms with Gasteiger partial charge in [-0.25, -0.2) is 0 Å². The molecule has 1 heterocycles. The summed E-state index contributed by atoms with van der Waals surface area (Å²) in [5.41, 5.74) is 0. The van der Waals surface area contributed by atoms with Crippen LogP contribution in [0.3, 0.4) is 0 Å². The third kappa shape index (κ3) is 5.70. The minimum Gasteiger partial charge on any atom is -0.481 e. The lowest BCUT2D eigenvalue weighted by molar-refractivity contribution is -0.137. The molecule has 17 heavy (non-hydrogen) atoms. The summed E-state index contributed by atoms with van der Waals surface area (Å²) < 4.78 is 5.21. The van der Waals surface area contributed by atoms with Crippen molar-refractivity contribution in [2.45, 2.75) is 26.2 Å². The van der Waals surface area contributed by atoms with Gasteiger partial charge in [-0.3, -0.25) is 9.78 Å². The fourth-order valence-corrected chi connectivity index (χ4v) is 1.27. The molecule has 0 radical (unpaired) electrons. The molecule has 0 saturated heterocycles. The topological polar surface area (TPSA) is 84.3 Å². The second-order valence-electron chi connectivity index (χ2n) is 3.45. The minimum atomic E-state index is -0.761. The number of carboxylic acids is 1. The van der Waals surface area contributed by atoms with E-state index in [1.165, 1.54) is 0 Å². The highest BCUT2D eigenvalue weighted by molar-refractivity contribution is 5.66. The molecule has 0 aliphatic heterocycles. The van der Waals surface area contributed by atoms with E-state index in [0.717, 1.165) is 6.42 Å². The molecule has 0 atom stereocenters. The van der Waals surface area contributed by atoms with Crippen LogP contribution >= 0.6 is 0 Å². The Morgan fingerprint density at radius 3 is 3.00 bits per heavy atom. The molecule has 1 aromatic heterocycles. The average Bonchev–Trinajstić information content (AvgIpc) is 2.29. The van der Waals surface area contributed by atoms with Crippen LogP contribution < -0.4 is 10.1 Å². The second-order valence-corrected chi connectivity index (χ2v) is 3.45. The molecule has 2 N–H and O–H groups in total. The van der Waals surface area contributed by atoms with Gasteiger partial charge in [-0.05, 0) is 19.8 Å². The lowest BCUT2D eigenvalue weighted by Gasteiger charge is -2.06. The molecule has 0 spiro atoms. The molecular formula is C11H17N3O3. The first kappa shape index (κ1) is 13.2. The van der Waals surface area contributed by atoms with Crippen LogP contribution in [0.25, 0.3) is 0 Å². The first-order chi connectivity index (χ1) is 8.22. The highest BCUT2D eigenvalue weighted by Gasteiger charge is 1.99. The summed E-state index contributed by atoms with van der Waals surface area (Å²) in [6, 6.07) is 0. The molecule has 0 amide bonds. The number of rotatable bonds is 8. The summed E-state index contributed by atoms with van der Waals surface area (Å²) in [5, 5.41) is 11.5. The molecule has 1 aromatic rings. The van der Waals surface area contributed by atoms with E-state index in [4.69, 9.17) is 9.84 Å². The summed E-state index contributed by atoms with van der Waals surface area (Å²) in [6.07, 6.45) is 4.80. The van der Waals surface area contributed by atoms with Crippen molar-refractivity contribution < 1.29 is 14.6 Å². The monoisotopic (exact) mass is 239 g/mol. The van der Waals surface area contributed by atoms with Crippen LogP contribution in [0.5, 0.6) is 5.88 Å². The van der Waals surface area contributed by atoms with Crippen molar-refractivity contribution in [2.24, 2.45) is 0 Å². The number of carbonyl (C=O) groups is 1. The van der Waals surface area contributed by atoms with Gasteiger partial charge in [0.1, 0.15) is 5.82 Å². The molecule has 6 heteroatoms. The number of anilines is 1. The fraction of sp³-hybridized carbons (Fsp3) is 0.545. The third-order valence-corrected chi connectivity index (χ3v) is 2.03. The van der Waals surface area contributed by atoms with Gasteiger partial charge in [-0.15, -0.1) is 0 Å². The Hall–Kier alpha value is -1.85. The molecule has 0 unspecified atom stereocenters. The molecule has 0 bridgehead atoms. The van der Waals surface area contributed by atoms with Crippen molar-refractivity contribution in [3.8, 4) is 5.88 Å². The second kappa shape index (κ2) is 7.43. The maximum atomic E-state index is 10.3. The van der Waals surface area contributed by atoms with Gasteiger partial charge in [0.05, 0.1) is 19.0 Å². The molecule has 0 fully saturated rings. The molecule has 0 saturated carbocycles. The third-order valence-electron chi connectivity index (χ3n) is 2.03. The summed E-state index contributed by atoms with van der Waals surface area (Å²) in [6.45, 7) is 3.11. The highest BCUT2D eigenvalue weighted by Crippen LogP contribution is 2.09. The number of aromatic nitrogens is 2. The Bertz CT molecular complexity index is 358. The van der Waals surface area contributed by atoms with Crippen molar-refractivity contribution in [1.29, 1.82) is 0 Å². The van der Waals surface area contributed by atoms with Crippen LogP contribution in [0.15, 0.2) is 12.4 Å². The smallest absolute Gasteiger partial charge is 0.303 e. The zero-order valence-electron chi connectivity index (χ0n) is 9.85. The van der Waals surface area contributed by atoms with E-state index >= 15 is 0 Å². The SMILES string of the molecule is CCOc1cncc(NCCCCC(=O)O)n1. The van der Waals surface area contributed by atoms with E-state index in [-0.39, 0.29) is 6.42 Å². The van der Waals surface area contributed by atoms with Gasteiger partial charge in [0.25, 0.3) is 0 Å². The zero-order valence-corrected chi connectivity index (χ0v) is 9.85. The van der Waals surface area contributed by atoms with Gasteiger partial charge < -0.3 is 15.2 Å². The van der Waals surface area contributed by atoms with Crippen molar-refractivity contribution in [3.63, 3.8) is 0 Å². The van der Waals surface area contributed by atoms with E-state index in [0.29, 0.717) is 31.3 Å². The number of nitrogens with zero attached hydrogens (tertiary/aromatic N) is 2. The van der Waals surface area contributed by atoms with E-state index in [9.17, 15) is 4.79 Å². The Balaban J connectivity index is 2.26. The van der Waals surface area contributed by atoms with Crippen LogP contribution in [0.2, 0.25) is 0 Å². The molecule has 0 aromatic carbocycles. The number of ether oxygens (including phenoxy) is 1.